The fourth-order valence-corrected chi connectivity index (χ4v) is 4.86. The van der Waals surface area contributed by atoms with E-state index >= 15 is 0 Å². The van der Waals surface area contributed by atoms with E-state index in [4.69, 9.17) is 21.4 Å². The van der Waals surface area contributed by atoms with Crippen LogP contribution < -0.4 is 15.1 Å². The van der Waals surface area contributed by atoms with Gasteiger partial charge in [0.2, 0.25) is 0 Å². The second-order valence-electron chi connectivity index (χ2n) is 8.45. The molecule has 1 aliphatic carbocycles. The molecule has 4 rings (SSSR count). The molecule has 2 aliphatic rings. The van der Waals surface area contributed by atoms with Gasteiger partial charge in [0.1, 0.15) is 11.5 Å². The van der Waals surface area contributed by atoms with Gasteiger partial charge in [-0.1, -0.05) is 68.5 Å². The summed E-state index contributed by atoms with van der Waals surface area (Å²) in [6, 6.07) is 15.7. The lowest BCUT2D eigenvalue weighted by Crippen LogP contribution is -2.40. The van der Waals surface area contributed by atoms with Crippen molar-refractivity contribution in [2.75, 3.05) is 12.1 Å². The average Bonchev–Trinajstić information content (AvgIpc) is 2.94. The summed E-state index contributed by atoms with van der Waals surface area (Å²) in [5.41, 5.74) is 2.42. The van der Waals surface area contributed by atoms with Crippen LogP contribution in [0.2, 0.25) is 5.02 Å². The number of nitrogens with one attached hydrogen (secondary N) is 1. The van der Waals surface area contributed by atoms with Gasteiger partial charge in [-0.3, -0.25) is 9.80 Å². The van der Waals surface area contributed by atoms with Crippen LogP contribution in [0.3, 0.4) is 0 Å². The third kappa shape index (κ3) is 4.72. The van der Waals surface area contributed by atoms with Crippen LogP contribution in [-0.4, -0.2) is 24.8 Å². The maximum atomic E-state index is 13.3. The second-order valence-corrected chi connectivity index (χ2v) is 8.86. The smallest absolute Gasteiger partial charge is 0.268 e. The number of carbonyl (C=O) groups is 1. The number of rotatable bonds is 5. The van der Waals surface area contributed by atoms with Crippen LogP contribution in [-0.2, 0) is 4.79 Å². The molecule has 5 nitrogen and oxygen atoms in total. The van der Waals surface area contributed by atoms with Gasteiger partial charge in [-0.15, -0.1) is 0 Å². The van der Waals surface area contributed by atoms with Gasteiger partial charge in [0.15, 0.2) is 0 Å². The minimum Gasteiger partial charge on any atom is -0.497 e. The first-order valence-corrected chi connectivity index (χ1v) is 11.5. The molecule has 0 aromatic heterocycles. The minimum atomic E-state index is -0.124. The van der Waals surface area contributed by atoms with Gasteiger partial charge in [0.25, 0.3) is 5.91 Å². The predicted molar refractivity (Wildman–Crippen MR) is 126 cm³/mol. The Morgan fingerprint density at radius 2 is 1.74 bits per heavy atom. The third-order valence-electron chi connectivity index (χ3n) is 6.36. The van der Waals surface area contributed by atoms with Gasteiger partial charge >= 0.3 is 0 Å². The Kier molecular flexibility index (Phi) is 6.81. The Morgan fingerprint density at radius 3 is 2.39 bits per heavy atom. The largest absolute Gasteiger partial charge is 0.497 e. The normalized spacial score (nSPS) is 22.0. The molecule has 1 aliphatic heterocycles. The van der Waals surface area contributed by atoms with Crippen LogP contribution in [0.15, 0.2) is 53.6 Å². The second kappa shape index (κ2) is 9.73. The standard InChI is InChI=1S/C25H30ClN3O2/c1-17-23(25(30)27-19-9-5-3-4-6-10-19)28-29(22-12-8-7-11-21(22)26)24(17)18-13-15-20(31-2)16-14-18/h7-8,11-17,19,24H,3-6,9-10H2,1-2H3,(H,27,30)/t17-,24+/m1/s1. The number of halogens is 1. The topological polar surface area (TPSA) is 53.9 Å². The van der Waals surface area contributed by atoms with Crippen molar-refractivity contribution in [2.24, 2.45) is 11.0 Å². The van der Waals surface area contributed by atoms with Crippen molar-refractivity contribution in [1.82, 2.24) is 5.32 Å². The molecule has 0 saturated heterocycles. The van der Waals surface area contributed by atoms with Gasteiger partial charge in [-0.05, 0) is 42.7 Å². The Hall–Kier alpha value is -2.53. The number of hydrazone groups is 1. The lowest BCUT2D eigenvalue weighted by molar-refractivity contribution is -0.115. The lowest BCUT2D eigenvalue weighted by Gasteiger charge is -2.27. The van der Waals surface area contributed by atoms with Crippen molar-refractivity contribution in [3.8, 4) is 5.75 Å². The van der Waals surface area contributed by atoms with Crippen LogP contribution in [0.4, 0.5) is 5.69 Å². The predicted octanol–water partition coefficient (Wildman–Crippen LogP) is 5.74. The van der Waals surface area contributed by atoms with E-state index in [1.807, 2.05) is 53.5 Å². The molecule has 2 aromatic carbocycles. The molecule has 0 radical (unpaired) electrons. The molecule has 1 heterocycles. The minimum absolute atomic E-state index is 0.0625. The summed E-state index contributed by atoms with van der Waals surface area (Å²) in [4.78, 5) is 13.3. The van der Waals surface area contributed by atoms with E-state index < -0.39 is 0 Å². The van der Waals surface area contributed by atoms with E-state index in [0.29, 0.717) is 10.7 Å². The highest BCUT2D eigenvalue weighted by Gasteiger charge is 2.40. The first-order chi connectivity index (χ1) is 15.1. The number of anilines is 1. The number of hydrogen-bond acceptors (Lipinski definition) is 4. The quantitative estimate of drug-likeness (QED) is 0.604. The molecule has 1 fully saturated rings. The van der Waals surface area contributed by atoms with Crippen LogP contribution in [0.1, 0.15) is 57.1 Å². The zero-order valence-corrected chi connectivity index (χ0v) is 18.9. The lowest BCUT2D eigenvalue weighted by atomic mass is 9.90. The number of ether oxygens (including phenoxy) is 1. The van der Waals surface area contributed by atoms with Crippen molar-refractivity contribution in [3.05, 3.63) is 59.1 Å². The van der Waals surface area contributed by atoms with Crippen molar-refractivity contribution >= 4 is 28.9 Å². The van der Waals surface area contributed by atoms with Crippen molar-refractivity contribution < 1.29 is 9.53 Å². The maximum Gasteiger partial charge on any atom is 0.268 e. The van der Waals surface area contributed by atoms with E-state index in [2.05, 4.69) is 12.2 Å². The van der Waals surface area contributed by atoms with Crippen LogP contribution in [0.25, 0.3) is 0 Å². The van der Waals surface area contributed by atoms with E-state index in [1.54, 1.807) is 7.11 Å². The molecule has 1 saturated carbocycles. The van der Waals surface area contributed by atoms with Gasteiger partial charge < -0.3 is 10.1 Å². The van der Waals surface area contributed by atoms with Gasteiger partial charge in [0.05, 0.1) is 23.9 Å². The number of amides is 1. The molecule has 1 amide bonds. The summed E-state index contributed by atoms with van der Waals surface area (Å²) < 4.78 is 5.32. The Balaban J connectivity index is 1.64. The van der Waals surface area contributed by atoms with E-state index in [9.17, 15) is 4.79 Å². The van der Waals surface area contributed by atoms with Gasteiger partial charge in [0, 0.05) is 12.0 Å². The molecule has 0 spiro atoms. The van der Waals surface area contributed by atoms with Crippen LogP contribution in [0.5, 0.6) is 5.75 Å². The molecule has 31 heavy (non-hydrogen) atoms. The fourth-order valence-electron chi connectivity index (χ4n) is 4.64. The average molecular weight is 440 g/mol. The highest BCUT2D eigenvalue weighted by molar-refractivity contribution is 6.40. The summed E-state index contributed by atoms with van der Waals surface area (Å²) in [7, 11) is 1.66. The Bertz CT molecular complexity index is 936. The third-order valence-corrected chi connectivity index (χ3v) is 6.68. The molecular formula is C25H30ClN3O2. The Morgan fingerprint density at radius 1 is 1.06 bits per heavy atom. The fraction of sp³-hybridized carbons (Fsp3) is 0.440. The molecule has 1 N–H and O–H groups in total. The van der Waals surface area contributed by atoms with Crippen molar-refractivity contribution in [1.29, 1.82) is 0 Å². The number of hydrogen-bond donors (Lipinski definition) is 1. The Labute approximate surface area is 189 Å². The van der Waals surface area contributed by atoms with Gasteiger partial charge in [-0.2, -0.15) is 5.10 Å². The first kappa shape index (κ1) is 21.7. The first-order valence-electron chi connectivity index (χ1n) is 11.2. The number of nitrogens with zero attached hydrogens (tertiary/aromatic N) is 2. The van der Waals surface area contributed by atoms with E-state index in [-0.39, 0.29) is 23.9 Å². The molecular weight excluding hydrogens is 410 g/mol. The monoisotopic (exact) mass is 439 g/mol. The van der Waals surface area contributed by atoms with Crippen molar-refractivity contribution in [3.63, 3.8) is 0 Å². The number of carbonyl (C=O) groups excluding carboxylic acids is 1. The zero-order valence-electron chi connectivity index (χ0n) is 18.2. The van der Waals surface area contributed by atoms with E-state index in [0.717, 1.165) is 29.8 Å². The summed E-state index contributed by atoms with van der Waals surface area (Å²) in [5.74, 6) is 0.647. The number of benzene rings is 2. The summed E-state index contributed by atoms with van der Waals surface area (Å²) in [6.07, 6.45) is 6.95. The summed E-state index contributed by atoms with van der Waals surface area (Å²) in [6.45, 7) is 2.07. The molecule has 2 atom stereocenters. The highest BCUT2D eigenvalue weighted by atomic mass is 35.5. The zero-order chi connectivity index (χ0) is 21.8. The highest BCUT2D eigenvalue weighted by Crippen LogP contribution is 2.42. The molecule has 164 valence electrons. The maximum absolute atomic E-state index is 13.3. The van der Waals surface area contributed by atoms with Crippen LogP contribution >= 0.6 is 11.6 Å². The number of para-hydroxylation sites is 1. The summed E-state index contributed by atoms with van der Waals surface area (Å²) in [5, 5.41) is 10.6. The number of methoxy groups -OCH3 is 1. The van der Waals surface area contributed by atoms with Crippen LogP contribution in [0, 0.1) is 5.92 Å². The van der Waals surface area contributed by atoms with E-state index in [1.165, 1.54) is 25.7 Å². The molecule has 6 heteroatoms. The van der Waals surface area contributed by atoms with Gasteiger partial charge in [-0.25, -0.2) is 0 Å². The summed E-state index contributed by atoms with van der Waals surface area (Å²) >= 11 is 6.52. The molecule has 0 bridgehead atoms. The van der Waals surface area contributed by atoms with Crippen molar-refractivity contribution in [2.45, 2.75) is 57.5 Å². The molecule has 2 aromatic rings. The SMILES string of the molecule is COc1ccc([C@@H]2[C@H](C)C(C(=O)NC3CCCCCC3)=NN2c2ccccc2Cl)cc1. The molecule has 0 unspecified atom stereocenters.